The maximum atomic E-state index is 10.4. The first-order valence-corrected chi connectivity index (χ1v) is 9.79. The summed E-state index contributed by atoms with van der Waals surface area (Å²) in [5.74, 6) is 0.953. The molecule has 0 amide bonds. The van der Waals surface area contributed by atoms with Gasteiger partial charge in [0, 0.05) is 18.4 Å². The largest absolute Gasteiger partial charge is 0.394 e. The van der Waals surface area contributed by atoms with Crippen LogP contribution >= 0.6 is 0 Å². The second-order valence-corrected chi connectivity index (χ2v) is 7.50. The van der Waals surface area contributed by atoms with Crippen LogP contribution < -0.4 is 5.32 Å². The fourth-order valence-corrected chi connectivity index (χ4v) is 4.05. The van der Waals surface area contributed by atoms with Gasteiger partial charge in [0.2, 0.25) is 0 Å². The zero-order valence-corrected chi connectivity index (χ0v) is 15.7. The Kier molecular flexibility index (Phi) is 4.66. The van der Waals surface area contributed by atoms with E-state index in [4.69, 9.17) is 4.74 Å². The minimum atomic E-state index is -1.22. The molecule has 3 aromatic heterocycles. The van der Waals surface area contributed by atoms with Gasteiger partial charge in [0.25, 0.3) is 5.95 Å². The predicted octanol–water partition coefficient (Wildman–Crippen LogP) is -0.0220. The molecule has 4 heterocycles. The number of nitrogens with zero attached hydrogens (tertiary/aromatic N) is 6. The Labute approximate surface area is 166 Å². The summed E-state index contributed by atoms with van der Waals surface area (Å²) in [6.07, 6.45) is 5.15. The Bertz CT molecular complexity index is 986. The summed E-state index contributed by atoms with van der Waals surface area (Å²) in [5, 5.41) is 37.6. The highest BCUT2D eigenvalue weighted by Gasteiger charge is 2.44. The summed E-state index contributed by atoms with van der Waals surface area (Å²) < 4.78 is 8.77. The summed E-state index contributed by atoms with van der Waals surface area (Å²) in [5.41, 5.74) is 0.992. The summed E-state index contributed by atoms with van der Waals surface area (Å²) in [6.45, 7) is -0.399. The van der Waals surface area contributed by atoms with Crippen molar-refractivity contribution in [1.29, 1.82) is 0 Å². The number of fused-ring (bicyclic) bond motifs is 1. The van der Waals surface area contributed by atoms with Gasteiger partial charge in [-0.05, 0) is 18.9 Å². The van der Waals surface area contributed by atoms with Gasteiger partial charge in [-0.3, -0.25) is 4.57 Å². The highest BCUT2D eigenvalue weighted by atomic mass is 16.6. The van der Waals surface area contributed by atoms with E-state index >= 15 is 0 Å². The van der Waals surface area contributed by atoms with Gasteiger partial charge < -0.3 is 25.4 Å². The number of hydrogen-bond donors (Lipinski definition) is 4. The minimum Gasteiger partial charge on any atom is -0.394 e. The molecule has 1 aliphatic carbocycles. The molecule has 0 radical (unpaired) electrons. The number of imidazole rings is 1. The minimum absolute atomic E-state index is 0.317. The molecule has 2 fully saturated rings. The smallest absolute Gasteiger partial charge is 0.254 e. The van der Waals surface area contributed by atoms with Gasteiger partial charge in [0.15, 0.2) is 23.2 Å². The highest BCUT2D eigenvalue weighted by molar-refractivity contribution is 5.84. The first-order chi connectivity index (χ1) is 14.2. The first-order valence-electron chi connectivity index (χ1n) is 9.79. The van der Waals surface area contributed by atoms with E-state index in [1.807, 2.05) is 0 Å². The van der Waals surface area contributed by atoms with Crippen LogP contribution in [-0.2, 0) is 4.74 Å². The van der Waals surface area contributed by atoms with Crippen LogP contribution in [-0.4, -0.2) is 75.6 Å². The lowest BCUT2D eigenvalue weighted by Crippen LogP contribution is -2.33. The van der Waals surface area contributed by atoms with E-state index in [9.17, 15) is 15.3 Å². The van der Waals surface area contributed by atoms with Crippen LogP contribution in [0.3, 0.4) is 0 Å². The maximum absolute atomic E-state index is 10.4. The van der Waals surface area contributed by atoms with Crippen LogP contribution in [0.1, 0.15) is 31.9 Å². The van der Waals surface area contributed by atoms with E-state index in [1.165, 1.54) is 19.2 Å². The van der Waals surface area contributed by atoms with E-state index in [0.29, 0.717) is 29.0 Å². The molecule has 3 aromatic rings. The van der Waals surface area contributed by atoms with Crippen LogP contribution in [0.4, 0.5) is 5.82 Å². The average Bonchev–Trinajstić information content (AvgIpc) is 3.51. The van der Waals surface area contributed by atoms with Crippen LogP contribution in [0.25, 0.3) is 17.1 Å². The standard InChI is InChI=1S/C18H23N7O4/c26-8-11-13(27)14(28)17(29-11)24-9-19-12-15(21-10-4-1-2-5-10)22-18(23-16(12)24)25-7-3-6-20-25/h3,6-7,9-11,13-14,17,26-28H,1-2,4-5,8H2,(H,21,22,23)/t11-,13-,14-,17?/m1/s1. The molecule has 0 aromatic carbocycles. The van der Waals surface area contributed by atoms with Crippen molar-refractivity contribution in [2.24, 2.45) is 0 Å². The maximum Gasteiger partial charge on any atom is 0.254 e. The number of nitrogens with one attached hydrogen (secondary N) is 1. The lowest BCUT2D eigenvalue weighted by atomic mass is 10.1. The Morgan fingerprint density at radius 3 is 2.69 bits per heavy atom. The van der Waals surface area contributed by atoms with Crippen molar-refractivity contribution < 1.29 is 20.1 Å². The average molecular weight is 401 g/mol. The molecule has 1 saturated carbocycles. The Morgan fingerprint density at radius 1 is 1.17 bits per heavy atom. The van der Waals surface area contributed by atoms with Gasteiger partial charge in [-0.15, -0.1) is 0 Å². The normalized spacial score (nSPS) is 27.8. The van der Waals surface area contributed by atoms with Crippen molar-refractivity contribution in [3.05, 3.63) is 24.8 Å². The molecule has 1 saturated heterocycles. The molecule has 2 aliphatic rings. The number of aliphatic hydroxyl groups excluding tert-OH is 3. The number of anilines is 1. The van der Waals surface area contributed by atoms with Crippen LogP contribution in [0.2, 0.25) is 0 Å². The molecular formula is C18H23N7O4. The summed E-state index contributed by atoms with van der Waals surface area (Å²) in [4.78, 5) is 13.7. The molecule has 0 bridgehead atoms. The quantitative estimate of drug-likeness (QED) is 0.463. The summed E-state index contributed by atoms with van der Waals surface area (Å²) in [7, 11) is 0. The third kappa shape index (κ3) is 3.15. The molecule has 4 atom stereocenters. The first kappa shape index (κ1) is 18.4. The van der Waals surface area contributed by atoms with Crippen LogP contribution in [0.15, 0.2) is 24.8 Å². The van der Waals surface area contributed by atoms with Crippen molar-refractivity contribution in [2.45, 2.75) is 56.3 Å². The molecule has 154 valence electrons. The Morgan fingerprint density at radius 2 is 2.00 bits per heavy atom. The number of aliphatic hydroxyl groups is 3. The van der Waals surface area contributed by atoms with Crippen molar-refractivity contribution in [1.82, 2.24) is 29.3 Å². The summed E-state index contributed by atoms with van der Waals surface area (Å²) >= 11 is 0. The molecule has 5 rings (SSSR count). The molecule has 11 nitrogen and oxygen atoms in total. The Hall–Kier alpha value is -2.60. The van der Waals surface area contributed by atoms with E-state index in [1.54, 1.807) is 27.7 Å². The monoisotopic (exact) mass is 401 g/mol. The third-order valence-electron chi connectivity index (χ3n) is 5.61. The van der Waals surface area contributed by atoms with E-state index < -0.39 is 31.1 Å². The summed E-state index contributed by atoms with van der Waals surface area (Å²) in [6, 6.07) is 2.10. The van der Waals surface area contributed by atoms with E-state index in [-0.39, 0.29) is 0 Å². The van der Waals surface area contributed by atoms with Gasteiger partial charge >= 0.3 is 0 Å². The van der Waals surface area contributed by atoms with Crippen molar-refractivity contribution in [3.8, 4) is 5.95 Å². The van der Waals surface area contributed by atoms with Crippen LogP contribution in [0.5, 0.6) is 0 Å². The molecule has 29 heavy (non-hydrogen) atoms. The molecule has 1 unspecified atom stereocenters. The molecule has 4 N–H and O–H groups in total. The fraction of sp³-hybridized carbons (Fsp3) is 0.556. The second kappa shape index (κ2) is 7.34. The predicted molar refractivity (Wildman–Crippen MR) is 101 cm³/mol. The molecule has 1 aliphatic heterocycles. The lowest BCUT2D eigenvalue weighted by Gasteiger charge is -2.18. The van der Waals surface area contributed by atoms with Crippen LogP contribution in [0, 0.1) is 0 Å². The topological polar surface area (TPSA) is 143 Å². The second-order valence-electron chi connectivity index (χ2n) is 7.50. The highest BCUT2D eigenvalue weighted by Crippen LogP contribution is 2.33. The zero-order valence-electron chi connectivity index (χ0n) is 15.7. The molecule has 0 spiro atoms. The fourth-order valence-electron chi connectivity index (χ4n) is 4.05. The number of hydrogen-bond acceptors (Lipinski definition) is 9. The SMILES string of the molecule is OC[C@H]1OC(n2cnc3c(NC4CCCC4)nc(-n4cccn4)nc32)[C@H](O)[C@@H]1O. The molecular weight excluding hydrogens is 378 g/mol. The molecule has 11 heteroatoms. The number of ether oxygens (including phenoxy) is 1. The van der Waals surface area contributed by atoms with Gasteiger partial charge in [-0.2, -0.15) is 15.1 Å². The zero-order chi connectivity index (χ0) is 20.0. The van der Waals surface area contributed by atoms with Crippen molar-refractivity contribution in [3.63, 3.8) is 0 Å². The van der Waals surface area contributed by atoms with Gasteiger partial charge in [0.05, 0.1) is 12.9 Å². The van der Waals surface area contributed by atoms with Crippen molar-refractivity contribution >= 4 is 17.0 Å². The number of rotatable bonds is 5. The van der Waals surface area contributed by atoms with Crippen molar-refractivity contribution in [2.75, 3.05) is 11.9 Å². The Balaban J connectivity index is 1.60. The van der Waals surface area contributed by atoms with E-state index in [0.717, 1.165) is 12.8 Å². The van der Waals surface area contributed by atoms with E-state index in [2.05, 4.69) is 25.4 Å². The van der Waals surface area contributed by atoms with Gasteiger partial charge in [-0.1, -0.05) is 12.8 Å². The third-order valence-corrected chi connectivity index (χ3v) is 5.61. The van der Waals surface area contributed by atoms with Gasteiger partial charge in [-0.25, -0.2) is 9.67 Å². The number of aromatic nitrogens is 6. The van der Waals surface area contributed by atoms with Gasteiger partial charge in [0.1, 0.15) is 18.3 Å². The lowest BCUT2D eigenvalue weighted by molar-refractivity contribution is -0.0511.